The fourth-order valence-electron chi connectivity index (χ4n) is 1.68. The molecule has 0 aliphatic heterocycles. The molecule has 0 unspecified atom stereocenters. The third-order valence-corrected chi connectivity index (χ3v) is 2.74. The number of nitrogens with zero attached hydrogens (tertiary/aromatic N) is 2. The van der Waals surface area contributed by atoms with Crippen LogP contribution >= 0.6 is 0 Å². The highest BCUT2D eigenvalue weighted by molar-refractivity contribution is 5.81. The van der Waals surface area contributed by atoms with Gasteiger partial charge in [0, 0.05) is 33.4 Å². The molecule has 17 heavy (non-hydrogen) atoms. The van der Waals surface area contributed by atoms with Crippen molar-refractivity contribution < 1.29 is 4.79 Å². The van der Waals surface area contributed by atoms with Crippen molar-refractivity contribution >= 4 is 11.6 Å². The Morgan fingerprint density at radius 3 is 2.47 bits per heavy atom. The molecule has 0 spiro atoms. The highest BCUT2D eigenvalue weighted by Crippen LogP contribution is 2.20. The minimum Gasteiger partial charge on any atom is -0.365 e. The fourth-order valence-corrected chi connectivity index (χ4v) is 1.68. The highest BCUT2D eigenvalue weighted by atomic mass is 16.2. The Morgan fingerprint density at radius 2 is 1.94 bits per heavy atom. The van der Waals surface area contributed by atoms with Crippen LogP contribution in [0.3, 0.4) is 0 Å². The Kier molecular flexibility index (Phi) is 4.52. The SMILES string of the molecule is Cc1ccc(N(C)CC(=O)N(C)C)c(CN)c1. The van der Waals surface area contributed by atoms with Gasteiger partial charge < -0.3 is 15.5 Å². The largest absolute Gasteiger partial charge is 0.365 e. The number of anilines is 1. The normalized spacial score (nSPS) is 10.2. The van der Waals surface area contributed by atoms with Crippen LogP contribution in [0.15, 0.2) is 18.2 Å². The van der Waals surface area contributed by atoms with Crippen LogP contribution in [0, 0.1) is 6.92 Å². The maximum absolute atomic E-state index is 11.6. The Bertz CT molecular complexity index is 402. The lowest BCUT2D eigenvalue weighted by molar-refractivity contribution is -0.127. The predicted octanol–water partition coefficient (Wildman–Crippen LogP) is 0.978. The number of nitrogens with two attached hydrogens (primary N) is 1. The van der Waals surface area contributed by atoms with Crippen molar-refractivity contribution in [1.29, 1.82) is 0 Å². The van der Waals surface area contributed by atoms with Crippen LogP contribution in [0.1, 0.15) is 11.1 Å². The van der Waals surface area contributed by atoms with Crippen molar-refractivity contribution in [2.75, 3.05) is 32.6 Å². The summed E-state index contributed by atoms with van der Waals surface area (Å²) in [7, 11) is 5.43. The highest BCUT2D eigenvalue weighted by Gasteiger charge is 2.11. The first-order valence-electron chi connectivity index (χ1n) is 5.66. The molecule has 1 rings (SSSR count). The number of likely N-dealkylation sites (N-methyl/N-ethyl adjacent to an activating group) is 2. The Balaban J connectivity index is 2.88. The maximum atomic E-state index is 11.6. The first-order valence-corrected chi connectivity index (χ1v) is 5.66. The van der Waals surface area contributed by atoms with Gasteiger partial charge in [0.25, 0.3) is 0 Å². The monoisotopic (exact) mass is 235 g/mol. The van der Waals surface area contributed by atoms with E-state index in [-0.39, 0.29) is 5.91 Å². The van der Waals surface area contributed by atoms with E-state index in [0.717, 1.165) is 11.3 Å². The van der Waals surface area contributed by atoms with Crippen molar-refractivity contribution in [3.05, 3.63) is 29.3 Å². The summed E-state index contributed by atoms with van der Waals surface area (Å²) < 4.78 is 0. The van der Waals surface area contributed by atoms with Crippen LogP contribution in [-0.4, -0.2) is 38.5 Å². The molecule has 94 valence electrons. The number of hydrogen-bond donors (Lipinski definition) is 1. The summed E-state index contributed by atoms with van der Waals surface area (Å²) in [6, 6.07) is 6.11. The van der Waals surface area contributed by atoms with E-state index in [2.05, 4.69) is 6.07 Å². The molecule has 0 aliphatic rings. The summed E-state index contributed by atoms with van der Waals surface area (Å²) in [6.07, 6.45) is 0. The molecule has 0 aliphatic carbocycles. The van der Waals surface area contributed by atoms with E-state index in [1.54, 1.807) is 19.0 Å². The van der Waals surface area contributed by atoms with E-state index < -0.39 is 0 Å². The van der Waals surface area contributed by atoms with E-state index in [9.17, 15) is 4.79 Å². The third-order valence-electron chi connectivity index (χ3n) is 2.74. The number of benzene rings is 1. The van der Waals surface area contributed by atoms with Crippen LogP contribution < -0.4 is 10.6 Å². The summed E-state index contributed by atoms with van der Waals surface area (Å²) in [5, 5.41) is 0. The lowest BCUT2D eigenvalue weighted by atomic mass is 10.1. The molecule has 2 N–H and O–H groups in total. The van der Waals surface area contributed by atoms with Crippen LogP contribution in [0.25, 0.3) is 0 Å². The molecule has 0 saturated carbocycles. The van der Waals surface area contributed by atoms with Crippen molar-refractivity contribution in [2.45, 2.75) is 13.5 Å². The summed E-state index contributed by atoms with van der Waals surface area (Å²) in [5.41, 5.74) is 9.00. The van der Waals surface area contributed by atoms with Crippen LogP contribution in [0.5, 0.6) is 0 Å². The molecular formula is C13H21N3O. The van der Waals surface area contributed by atoms with Gasteiger partial charge in [-0.05, 0) is 18.6 Å². The second-order valence-electron chi connectivity index (χ2n) is 4.48. The zero-order chi connectivity index (χ0) is 13.0. The minimum atomic E-state index is 0.0797. The number of rotatable bonds is 4. The van der Waals surface area contributed by atoms with E-state index in [1.165, 1.54) is 5.56 Å². The van der Waals surface area contributed by atoms with Crippen molar-refractivity contribution in [2.24, 2.45) is 5.73 Å². The van der Waals surface area contributed by atoms with Gasteiger partial charge >= 0.3 is 0 Å². The molecule has 0 bridgehead atoms. The van der Waals surface area contributed by atoms with Crippen LogP contribution in [0.4, 0.5) is 5.69 Å². The Hall–Kier alpha value is -1.55. The van der Waals surface area contributed by atoms with Crippen molar-refractivity contribution in [3.63, 3.8) is 0 Å². The van der Waals surface area contributed by atoms with E-state index in [0.29, 0.717) is 13.1 Å². The van der Waals surface area contributed by atoms with Gasteiger partial charge in [0.05, 0.1) is 6.54 Å². The Morgan fingerprint density at radius 1 is 1.29 bits per heavy atom. The standard InChI is InChI=1S/C13H21N3O/c1-10-5-6-12(11(7-10)8-14)16(4)9-13(17)15(2)3/h5-7H,8-9,14H2,1-4H3. The molecule has 4 heteroatoms. The Labute approximate surface area is 103 Å². The van der Waals surface area contributed by atoms with Crippen molar-refractivity contribution in [1.82, 2.24) is 4.90 Å². The molecule has 0 radical (unpaired) electrons. The zero-order valence-corrected chi connectivity index (χ0v) is 11.0. The second kappa shape index (κ2) is 5.68. The van der Waals surface area contributed by atoms with Gasteiger partial charge in [-0.1, -0.05) is 17.7 Å². The van der Waals surface area contributed by atoms with E-state index in [4.69, 9.17) is 5.73 Å². The lowest BCUT2D eigenvalue weighted by Crippen LogP contribution is -2.34. The molecular weight excluding hydrogens is 214 g/mol. The minimum absolute atomic E-state index is 0.0797. The molecule has 1 aromatic rings. The molecule has 1 amide bonds. The number of aryl methyl sites for hydroxylation is 1. The van der Waals surface area contributed by atoms with Gasteiger partial charge in [-0.2, -0.15) is 0 Å². The number of hydrogen-bond acceptors (Lipinski definition) is 3. The molecule has 0 fully saturated rings. The van der Waals surface area contributed by atoms with Crippen molar-refractivity contribution in [3.8, 4) is 0 Å². The molecule has 0 atom stereocenters. The zero-order valence-electron chi connectivity index (χ0n) is 11.0. The summed E-state index contributed by atoms with van der Waals surface area (Å²) >= 11 is 0. The first kappa shape index (κ1) is 13.5. The smallest absolute Gasteiger partial charge is 0.241 e. The molecule has 1 aromatic carbocycles. The summed E-state index contributed by atoms with van der Waals surface area (Å²) in [5.74, 6) is 0.0797. The van der Waals surface area contributed by atoms with E-state index >= 15 is 0 Å². The number of carbonyl (C=O) groups excluding carboxylic acids is 1. The maximum Gasteiger partial charge on any atom is 0.241 e. The van der Waals surface area contributed by atoms with Gasteiger partial charge in [0.2, 0.25) is 5.91 Å². The van der Waals surface area contributed by atoms with Gasteiger partial charge in [-0.15, -0.1) is 0 Å². The van der Waals surface area contributed by atoms with Crippen LogP contribution in [-0.2, 0) is 11.3 Å². The van der Waals surface area contributed by atoms with E-state index in [1.807, 2.05) is 31.0 Å². The van der Waals surface area contributed by atoms with Gasteiger partial charge in [-0.25, -0.2) is 0 Å². The number of amides is 1. The average molecular weight is 235 g/mol. The second-order valence-corrected chi connectivity index (χ2v) is 4.48. The van der Waals surface area contributed by atoms with Gasteiger partial charge in [0.15, 0.2) is 0 Å². The first-order chi connectivity index (χ1) is 7.95. The van der Waals surface area contributed by atoms with Gasteiger partial charge in [0.1, 0.15) is 0 Å². The fraction of sp³-hybridized carbons (Fsp3) is 0.462. The lowest BCUT2D eigenvalue weighted by Gasteiger charge is -2.23. The molecule has 0 aromatic heterocycles. The molecule has 0 saturated heterocycles. The van der Waals surface area contributed by atoms with Crippen LogP contribution in [0.2, 0.25) is 0 Å². The predicted molar refractivity (Wildman–Crippen MR) is 71.0 cm³/mol. The topological polar surface area (TPSA) is 49.6 Å². The molecule has 4 nitrogen and oxygen atoms in total. The average Bonchev–Trinajstić information content (AvgIpc) is 2.28. The molecule has 0 heterocycles. The van der Waals surface area contributed by atoms with Gasteiger partial charge in [-0.3, -0.25) is 4.79 Å². The summed E-state index contributed by atoms with van der Waals surface area (Å²) in [4.78, 5) is 15.2. The summed E-state index contributed by atoms with van der Waals surface area (Å²) in [6.45, 7) is 2.88. The quantitative estimate of drug-likeness (QED) is 0.846. The number of carbonyl (C=O) groups is 1. The third kappa shape index (κ3) is 3.46.